The number of ether oxygens (including phenoxy) is 1. The smallest absolute Gasteiger partial charge is 0.185 e. The lowest BCUT2D eigenvalue weighted by Crippen LogP contribution is -2.33. The van der Waals surface area contributed by atoms with Crippen molar-refractivity contribution < 1.29 is 4.74 Å². The molecule has 84 valence electrons. The largest absolute Gasteiger partial charge is 0.370 e. The van der Waals surface area contributed by atoms with E-state index >= 15 is 0 Å². The van der Waals surface area contributed by atoms with E-state index in [0.29, 0.717) is 0 Å². The number of thiazole rings is 1. The predicted molar refractivity (Wildman–Crippen MR) is 62.7 cm³/mol. The standard InChI is InChI=1S/C10H17N3OS/c1-7-9(8-6-11-4-5-14-8)15-10(12-7)13(2)3/h8,11H,4-6H2,1-3H3. The quantitative estimate of drug-likeness (QED) is 0.823. The van der Waals surface area contributed by atoms with Crippen LogP contribution in [0.5, 0.6) is 0 Å². The molecule has 0 amide bonds. The first-order valence-corrected chi connectivity index (χ1v) is 5.97. The zero-order chi connectivity index (χ0) is 10.8. The Morgan fingerprint density at radius 3 is 2.87 bits per heavy atom. The second-order valence-corrected chi connectivity index (χ2v) is 4.91. The van der Waals surface area contributed by atoms with Crippen LogP contribution in [0.25, 0.3) is 0 Å². The molecule has 0 aromatic carbocycles. The number of hydrogen-bond acceptors (Lipinski definition) is 5. The van der Waals surface area contributed by atoms with Gasteiger partial charge >= 0.3 is 0 Å². The van der Waals surface area contributed by atoms with E-state index in [1.54, 1.807) is 11.3 Å². The van der Waals surface area contributed by atoms with Crippen LogP contribution < -0.4 is 10.2 Å². The molecule has 1 aliphatic heterocycles. The summed E-state index contributed by atoms with van der Waals surface area (Å²) in [6, 6.07) is 0. The van der Waals surface area contributed by atoms with E-state index in [1.165, 1.54) is 4.88 Å². The lowest BCUT2D eigenvalue weighted by molar-refractivity contribution is 0.0295. The van der Waals surface area contributed by atoms with E-state index in [0.717, 1.165) is 30.5 Å². The van der Waals surface area contributed by atoms with Gasteiger partial charge in [0, 0.05) is 27.2 Å². The highest BCUT2D eigenvalue weighted by molar-refractivity contribution is 7.15. The summed E-state index contributed by atoms with van der Waals surface area (Å²) in [7, 11) is 4.03. The number of morpholine rings is 1. The van der Waals surface area contributed by atoms with Crippen LogP contribution in [0.15, 0.2) is 0 Å². The maximum absolute atomic E-state index is 5.73. The highest BCUT2D eigenvalue weighted by Gasteiger charge is 2.21. The van der Waals surface area contributed by atoms with Gasteiger partial charge in [0.25, 0.3) is 0 Å². The average Bonchev–Trinajstić information content (AvgIpc) is 2.62. The van der Waals surface area contributed by atoms with Gasteiger partial charge in [-0.25, -0.2) is 4.98 Å². The van der Waals surface area contributed by atoms with Crippen LogP contribution in [0.3, 0.4) is 0 Å². The van der Waals surface area contributed by atoms with Crippen molar-refractivity contribution in [1.29, 1.82) is 0 Å². The van der Waals surface area contributed by atoms with Crippen molar-refractivity contribution >= 4 is 16.5 Å². The van der Waals surface area contributed by atoms with Crippen LogP contribution in [0.2, 0.25) is 0 Å². The van der Waals surface area contributed by atoms with Gasteiger partial charge in [0.15, 0.2) is 5.13 Å². The van der Waals surface area contributed by atoms with Crippen molar-refractivity contribution in [3.8, 4) is 0 Å². The number of nitrogens with zero attached hydrogens (tertiary/aromatic N) is 2. The Bertz CT molecular complexity index is 331. The van der Waals surface area contributed by atoms with Gasteiger partial charge in [-0.3, -0.25) is 0 Å². The molecule has 0 spiro atoms. The molecule has 0 radical (unpaired) electrons. The van der Waals surface area contributed by atoms with E-state index in [2.05, 4.69) is 17.2 Å². The minimum atomic E-state index is 0.185. The van der Waals surface area contributed by atoms with E-state index in [-0.39, 0.29) is 6.10 Å². The molecule has 1 aromatic heterocycles. The molecule has 0 aliphatic carbocycles. The van der Waals surface area contributed by atoms with Crippen molar-refractivity contribution in [2.75, 3.05) is 38.7 Å². The fourth-order valence-corrected chi connectivity index (χ4v) is 2.66. The van der Waals surface area contributed by atoms with Crippen LogP contribution in [0.4, 0.5) is 5.13 Å². The third-order valence-electron chi connectivity index (χ3n) is 2.42. The Balaban J connectivity index is 2.19. The van der Waals surface area contributed by atoms with Gasteiger partial charge in [-0.2, -0.15) is 0 Å². The molecule has 0 bridgehead atoms. The molecule has 15 heavy (non-hydrogen) atoms. The van der Waals surface area contributed by atoms with Gasteiger partial charge in [-0.05, 0) is 6.92 Å². The van der Waals surface area contributed by atoms with Crippen molar-refractivity contribution in [2.24, 2.45) is 0 Å². The van der Waals surface area contributed by atoms with Crippen LogP contribution >= 0.6 is 11.3 Å². The van der Waals surface area contributed by atoms with E-state index in [9.17, 15) is 0 Å². The first kappa shape index (κ1) is 10.9. The van der Waals surface area contributed by atoms with Crippen LogP contribution in [-0.4, -0.2) is 38.8 Å². The summed E-state index contributed by atoms with van der Waals surface area (Å²) in [5.41, 5.74) is 1.09. The van der Waals surface area contributed by atoms with E-state index < -0.39 is 0 Å². The zero-order valence-electron chi connectivity index (χ0n) is 9.41. The summed E-state index contributed by atoms with van der Waals surface area (Å²) < 4.78 is 5.73. The molecular formula is C10H17N3OS. The lowest BCUT2D eigenvalue weighted by atomic mass is 10.2. The summed E-state index contributed by atoms with van der Waals surface area (Å²) in [5, 5.41) is 4.39. The van der Waals surface area contributed by atoms with Gasteiger partial charge < -0.3 is 15.0 Å². The minimum Gasteiger partial charge on any atom is -0.370 e. The van der Waals surface area contributed by atoms with Crippen molar-refractivity contribution in [1.82, 2.24) is 10.3 Å². The molecular weight excluding hydrogens is 210 g/mol. The molecule has 1 aromatic rings. The van der Waals surface area contributed by atoms with Gasteiger partial charge in [0.1, 0.15) is 6.10 Å². The Kier molecular flexibility index (Phi) is 3.23. The lowest BCUT2D eigenvalue weighted by Gasteiger charge is -2.22. The number of aryl methyl sites for hydroxylation is 1. The average molecular weight is 227 g/mol. The molecule has 2 heterocycles. The van der Waals surface area contributed by atoms with Gasteiger partial charge in [-0.1, -0.05) is 11.3 Å². The van der Waals surface area contributed by atoms with Crippen LogP contribution in [0, 0.1) is 6.92 Å². The Labute approximate surface area is 94.3 Å². The summed E-state index contributed by atoms with van der Waals surface area (Å²) in [6.07, 6.45) is 0.185. The highest BCUT2D eigenvalue weighted by Crippen LogP contribution is 2.32. The van der Waals surface area contributed by atoms with Crippen LogP contribution in [-0.2, 0) is 4.74 Å². The molecule has 0 saturated carbocycles. The first-order valence-electron chi connectivity index (χ1n) is 5.15. The van der Waals surface area contributed by atoms with Crippen LogP contribution in [0.1, 0.15) is 16.7 Å². The monoisotopic (exact) mass is 227 g/mol. The Morgan fingerprint density at radius 1 is 1.53 bits per heavy atom. The summed E-state index contributed by atoms with van der Waals surface area (Å²) in [4.78, 5) is 7.82. The number of anilines is 1. The summed E-state index contributed by atoms with van der Waals surface area (Å²) >= 11 is 1.72. The molecule has 1 saturated heterocycles. The summed E-state index contributed by atoms with van der Waals surface area (Å²) in [5.74, 6) is 0. The normalized spacial score (nSPS) is 21.7. The van der Waals surface area contributed by atoms with Crippen molar-refractivity contribution in [3.63, 3.8) is 0 Å². The maximum Gasteiger partial charge on any atom is 0.185 e. The SMILES string of the molecule is Cc1nc(N(C)C)sc1C1CNCCO1. The molecule has 4 nitrogen and oxygen atoms in total. The molecule has 5 heteroatoms. The third kappa shape index (κ3) is 2.30. The fraction of sp³-hybridized carbons (Fsp3) is 0.700. The first-order chi connectivity index (χ1) is 7.18. The summed E-state index contributed by atoms with van der Waals surface area (Å²) in [6.45, 7) is 4.70. The predicted octanol–water partition coefficient (Wildman–Crippen LogP) is 1.18. The number of rotatable bonds is 2. The number of hydrogen-bond donors (Lipinski definition) is 1. The fourth-order valence-electron chi connectivity index (χ4n) is 1.62. The zero-order valence-corrected chi connectivity index (χ0v) is 10.2. The molecule has 1 aliphatic rings. The second kappa shape index (κ2) is 4.47. The number of nitrogens with one attached hydrogen (secondary N) is 1. The van der Waals surface area contributed by atoms with Gasteiger partial charge in [-0.15, -0.1) is 0 Å². The minimum absolute atomic E-state index is 0.185. The van der Waals surface area contributed by atoms with E-state index in [4.69, 9.17) is 4.74 Å². The molecule has 2 rings (SSSR count). The Morgan fingerprint density at radius 2 is 2.33 bits per heavy atom. The second-order valence-electron chi connectivity index (χ2n) is 3.90. The highest BCUT2D eigenvalue weighted by atomic mass is 32.1. The van der Waals surface area contributed by atoms with Gasteiger partial charge in [0.05, 0.1) is 17.2 Å². The van der Waals surface area contributed by atoms with Crippen molar-refractivity contribution in [2.45, 2.75) is 13.0 Å². The molecule has 1 fully saturated rings. The topological polar surface area (TPSA) is 37.4 Å². The van der Waals surface area contributed by atoms with E-state index in [1.807, 2.05) is 19.0 Å². The molecule has 1 atom stereocenters. The third-order valence-corrected chi connectivity index (χ3v) is 3.84. The van der Waals surface area contributed by atoms with Gasteiger partial charge in [0.2, 0.25) is 0 Å². The number of aromatic nitrogens is 1. The molecule has 1 unspecified atom stereocenters. The Hall–Kier alpha value is -0.650. The molecule has 1 N–H and O–H groups in total. The maximum atomic E-state index is 5.73. The van der Waals surface area contributed by atoms with Crippen molar-refractivity contribution in [3.05, 3.63) is 10.6 Å².